The van der Waals surface area contributed by atoms with E-state index in [-0.39, 0.29) is 0 Å². The lowest BCUT2D eigenvalue weighted by molar-refractivity contribution is 0.290. The van der Waals surface area contributed by atoms with E-state index in [2.05, 4.69) is 6.42 Å². The van der Waals surface area contributed by atoms with E-state index in [9.17, 15) is 0 Å². The van der Waals surface area contributed by atoms with Gasteiger partial charge in [0.25, 0.3) is 0 Å². The molecule has 0 heteroatoms. The summed E-state index contributed by atoms with van der Waals surface area (Å²) >= 11 is 0. The standard InChI is InChI=1S/C12H21/c1-2-4-8-12(9-5-3-1)10-6-7-11-12/h8H,1-7,9-11H2. The highest BCUT2D eigenvalue weighted by Gasteiger charge is 2.33. The van der Waals surface area contributed by atoms with Gasteiger partial charge in [-0.25, -0.2) is 0 Å². The molecule has 0 aliphatic heterocycles. The van der Waals surface area contributed by atoms with Crippen molar-refractivity contribution in [2.45, 2.75) is 64.2 Å². The van der Waals surface area contributed by atoms with Crippen molar-refractivity contribution in [3.05, 3.63) is 6.42 Å². The van der Waals surface area contributed by atoms with Crippen LogP contribution < -0.4 is 0 Å². The molecule has 12 heavy (non-hydrogen) atoms. The molecule has 0 aromatic rings. The lowest BCUT2D eigenvalue weighted by Crippen LogP contribution is -2.18. The van der Waals surface area contributed by atoms with E-state index in [1.165, 1.54) is 64.2 Å². The van der Waals surface area contributed by atoms with Gasteiger partial charge < -0.3 is 0 Å². The Labute approximate surface area is 76.7 Å². The first-order chi connectivity index (χ1) is 5.91. The Morgan fingerprint density at radius 3 is 2.00 bits per heavy atom. The zero-order valence-corrected chi connectivity index (χ0v) is 8.15. The van der Waals surface area contributed by atoms with Crippen LogP contribution in [0.4, 0.5) is 0 Å². The molecule has 0 heterocycles. The molecule has 0 amide bonds. The highest BCUT2D eigenvalue weighted by Crippen LogP contribution is 2.46. The van der Waals surface area contributed by atoms with Crippen LogP contribution in [0, 0.1) is 11.8 Å². The van der Waals surface area contributed by atoms with Crippen LogP contribution in [0.25, 0.3) is 0 Å². The average Bonchev–Trinajstić information content (AvgIpc) is 2.47. The van der Waals surface area contributed by atoms with Crippen LogP contribution in [0.3, 0.4) is 0 Å². The van der Waals surface area contributed by atoms with Crippen molar-refractivity contribution in [1.82, 2.24) is 0 Å². The maximum atomic E-state index is 2.68. The van der Waals surface area contributed by atoms with E-state index in [0.29, 0.717) is 0 Å². The molecular weight excluding hydrogens is 144 g/mol. The molecule has 0 aromatic heterocycles. The van der Waals surface area contributed by atoms with Gasteiger partial charge in [-0.15, -0.1) is 0 Å². The third-order valence-electron chi connectivity index (χ3n) is 3.81. The molecule has 0 aromatic carbocycles. The van der Waals surface area contributed by atoms with Crippen molar-refractivity contribution in [2.24, 2.45) is 5.41 Å². The molecule has 1 spiro atoms. The first-order valence-corrected chi connectivity index (χ1v) is 5.76. The van der Waals surface area contributed by atoms with Crippen molar-refractivity contribution in [2.75, 3.05) is 0 Å². The predicted octanol–water partition coefficient (Wildman–Crippen LogP) is 4.11. The summed E-state index contributed by atoms with van der Waals surface area (Å²) in [6.45, 7) is 0. The molecule has 0 N–H and O–H groups in total. The van der Waals surface area contributed by atoms with Gasteiger partial charge in [0.05, 0.1) is 0 Å². The Balaban J connectivity index is 1.92. The lowest BCUT2D eigenvalue weighted by atomic mass is 9.75. The van der Waals surface area contributed by atoms with Crippen LogP contribution in [-0.2, 0) is 0 Å². The van der Waals surface area contributed by atoms with Crippen LogP contribution in [0.1, 0.15) is 64.2 Å². The van der Waals surface area contributed by atoms with Gasteiger partial charge in [0, 0.05) is 0 Å². The number of rotatable bonds is 0. The Bertz CT molecular complexity index is 121. The summed E-state index contributed by atoms with van der Waals surface area (Å²) in [7, 11) is 0. The quantitative estimate of drug-likeness (QED) is 0.507. The zero-order valence-electron chi connectivity index (χ0n) is 8.15. The average molecular weight is 165 g/mol. The third kappa shape index (κ3) is 1.84. The van der Waals surface area contributed by atoms with Gasteiger partial charge >= 0.3 is 0 Å². The monoisotopic (exact) mass is 165 g/mol. The Hall–Kier alpha value is 0. The highest BCUT2D eigenvalue weighted by molar-refractivity contribution is 4.96. The van der Waals surface area contributed by atoms with Crippen LogP contribution in [0.5, 0.6) is 0 Å². The fourth-order valence-corrected chi connectivity index (χ4v) is 3.02. The normalized spacial score (nSPS) is 30.0. The van der Waals surface area contributed by atoms with Gasteiger partial charge in [-0.3, -0.25) is 0 Å². The van der Waals surface area contributed by atoms with Crippen LogP contribution in [0.2, 0.25) is 0 Å². The van der Waals surface area contributed by atoms with Crippen molar-refractivity contribution >= 4 is 0 Å². The van der Waals surface area contributed by atoms with Crippen molar-refractivity contribution in [1.29, 1.82) is 0 Å². The fourth-order valence-electron chi connectivity index (χ4n) is 3.02. The van der Waals surface area contributed by atoms with E-state index in [1.807, 2.05) is 0 Å². The number of hydrogen-bond donors (Lipinski definition) is 0. The van der Waals surface area contributed by atoms with Gasteiger partial charge in [0.2, 0.25) is 0 Å². The fraction of sp³-hybridized carbons (Fsp3) is 0.917. The molecule has 2 rings (SSSR count). The van der Waals surface area contributed by atoms with Crippen molar-refractivity contribution in [3.63, 3.8) is 0 Å². The van der Waals surface area contributed by atoms with Crippen molar-refractivity contribution in [3.8, 4) is 0 Å². The topological polar surface area (TPSA) is 0 Å². The lowest BCUT2D eigenvalue weighted by Gasteiger charge is -2.30. The maximum absolute atomic E-state index is 2.68. The molecular formula is C12H21. The minimum atomic E-state index is 0.723. The highest BCUT2D eigenvalue weighted by atomic mass is 14.4. The summed E-state index contributed by atoms with van der Waals surface area (Å²) in [6, 6.07) is 0. The van der Waals surface area contributed by atoms with Crippen LogP contribution in [-0.4, -0.2) is 0 Å². The minimum absolute atomic E-state index is 0.723. The van der Waals surface area contributed by atoms with Gasteiger partial charge in [0.15, 0.2) is 0 Å². The Kier molecular flexibility index (Phi) is 2.73. The molecule has 2 saturated carbocycles. The molecule has 2 fully saturated rings. The summed E-state index contributed by atoms with van der Waals surface area (Å²) in [5.41, 5.74) is 0.723. The van der Waals surface area contributed by atoms with Crippen molar-refractivity contribution < 1.29 is 0 Å². The van der Waals surface area contributed by atoms with Gasteiger partial charge in [-0.05, 0) is 37.5 Å². The summed E-state index contributed by atoms with van der Waals surface area (Å²) < 4.78 is 0. The zero-order chi connectivity index (χ0) is 8.28. The Morgan fingerprint density at radius 1 is 0.667 bits per heavy atom. The molecule has 69 valence electrons. The molecule has 2 aliphatic carbocycles. The Morgan fingerprint density at radius 2 is 1.25 bits per heavy atom. The summed E-state index contributed by atoms with van der Waals surface area (Å²) in [5, 5.41) is 0. The molecule has 0 bridgehead atoms. The van der Waals surface area contributed by atoms with E-state index in [0.717, 1.165) is 5.41 Å². The second-order valence-corrected chi connectivity index (χ2v) is 4.73. The molecule has 2 aliphatic rings. The second kappa shape index (κ2) is 3.81. The van der Waals surface area contributed by atoms with Crippen LogP contribution >= 0.6 is 0 Å². The van der Waals surface area contributed by atoms with E-state index >= 15 is 0 Å². The largest absolute Gasteiger partial charge is 0.0533 e. The molecule has 0 saturated heterocycles. The van der Waals surface area contributed by atoms with Gasteiger partial charge in [-0.2, -0.15) is 0 Å². The molecule has 0 nitrogen and oxygen atoms in total. The predicted molar refractivity (Wildman–Crippen MR) is 52.9 cm³/mol. The smallest absolute Gasteiger partial charge is 0.0266 e. The molecule has 0 atom stereocenters. The second-order valence-electron chi connectivity index (χ2n) is 4.73. The first kappa shape index (κ1) is 8.59. The number of hydrogen-bond acceptors (Lipinski definition) is 0. The summed E-state index contributed by atoms with van der Waals surface area (Å²) in [4.78, 5) is 0. The van der Waals surface area contributed by atoms with E-state index in [1.54, 1.807) is 0 Å². The van der Waals surface area contributed by atoms with E-state index < -0.39 is 0 Å². The summed E-state index contributed by atoms with van der Waals surface area (Å²) in [5.74, 6) is 0. The van der Waals surface area contributed by atoms with Gasteiger partial charge in [0.1, 0.15) is 0 Å². The SMILES string of the molecule is [CH]1CCCCCCC12CCCC2. The first-order valence-electron chi connectivity index (χ1n) is 5.76. The van der Waals surface area contributed by atoms with Crippen LogP contribution in [0.15, 0.2) is 0 Å². The third-order valence-corrected chi connectivity index (χ3v) is 3.81. The molecule has 0 unspecified atom stereocenters. The maximum Gasteiger partial charge on any atom is -0.0266 e. The minimum Gasteiger partial charge on any atom is -0.0533 e. The molecule has 1 radical (unpaired) electrons. The van der Waals surface area contributed by atoms with Gasteiger partial charge in [-0.1, -0.05) is 38.5 Å². The van der Waals surface area contributed by atoms with E-state index in [4.69, 9.17) is 0 Å². The summed E-state index contributed by atoms with van der Waals surface area (Å²) in [6.07, 6.45) is 17.5.